The van der Waals surface area contributed by atoms with Gasteiger partial charge in [0, 0.05) is 11.6 Å². The zero-order valence-corrected chi connectivity index (χ0v) is 16.4. The molecule has 1 N–H and O–H groups in total. The number of hydrogen-bond acceptors (Lipinski definition) is 5. The van der Waals surface area contributed by atoms with Crippen LogP contribution in [0.3, 0.4) is 0 Å². The Kier molecular flexibility index (Phi) is 6.03. The molecule has 3 rings (SSSR count). The van der Waals surface area contributed by atoms with E-state index in [4.69, 9.17) is 0 Å². The van der Waals surface area contributed by atoms with E-state index in [1.807, 2.05) is 32.0 Å². The number of carbonyl (C=O) groups is 1. The van der Waals surface area contributed by atoms with Gasteiger partial charge in [0.05, 0.1) is 17.5 Å². The van der Waals surface area contributed by atoms with Gasteiger partial charge in [-0.15, -0.1) is 5.10 Å². The molecule has 1 aromatic heterocycles. The molecule has 3 aromatic rings. The predicted octanol–water partition coefficient (Wildman–Crippen LogP) is 3.53. The molecule has 0 unspecified atom stereocenters. The van der Waals surface area contributed by atoms with E-state index in [1.165, 1.54) is 17.8 Å². The Bertz CT molecular complexity index is 1010. The van der Waals surface area contributed by atoms with E-state index >= 15 is 0 Å². The molecule has 0 radical (unpaired) electrons. The first-order chi connectivity index (χ1) is 13.4. The third-order valence-electron chi connectivity index (χ3n) is 4.38. The lowest BCUT2D eigenvalue weighted by Gasteiger charge is -2.15. The second-order valence-electron chi connectivity index (χ2n) is 6.34. The molecule has 1 amide bonds. The van der Waals surface area contributed by atoms with E-state index in [0.29, 0.717) is 5.16 Å². The van der Waals surface area contributed by atoms with Crippen LogP contribution in [0.25, 0.3) is 5.69 Å². The van der Waals surface area contributed by atoms with Gasteiger partial charge in [-0.2, -0.15) is 4.68 Å². The van der Waals surface area contributed by atoms with Gasteiger partial charge in [-0.05, 0) is 54.5 Å². The maximum atomic E-state index is 13.8. The molecule has 28 heavy (non-hydrogen) atoms. The molecule has 0 aliphatic heterocycles. The number of tetrazole rings is 1. The molecule has 0 saturated carbocycles. The van der Waals surface area contributed by atoms with Crippen molar-refractivity contribution in [3.8, 4) is 5.69 Å². The van der Waals surface area contributed by atoms with Crippen LogP contribution in [0.5, 0.6) is 0 Å². The van der Waals surface area contributed by atoms with Gasteiger partial charge in [-0.3, -0.25) is 4.79 Å². The van der Waals surface area contributed by atoms with Crippen molar-refractivity contribution in [1.82, 2.24) is 25.5 Å². The van der Waals surface area contributed by atoms with Crippen molar-refractivity contribution in [2.75, 3.05) is 5.75 Å². The minimum Gasteiger partial charge on any atom is -0.349 e. The predicted molar refractivity (Wildman–Crippen MR) is 102 cm³/mol. The molecular weight excluding hydrogens is 384 g/mol. The van der Waals surface area contributed by atoms with Crippen LogP contribution in [0, 0.1) is 25.5 Å². The van der Waals surface area contributed by atoms with Gasteiger partial charge < -0.3 is 5.32 Å². The number of halogens is 2. The second kappa shape index (κ2) is 8.47. The van der Waals surface area contributed by atoms with Gasteiger partial charge in [0.2, 0.25) is 11.1 Å². The summed E-state index contributed by atoms with van der Waals surface area (Å²) in [7, 11) is 0. The summed E-state index contributed by atoms with van der Waals surface area (Å²) in [6.45, 7) is 5.62. The molecular formula is C19H19F2N5OS. The zero-order valence-electron chi connectivity index (χ0n) is 15.6. The molecule has 0 aliphatic rings. The summed E-state index contributed by atoms with van der Waals surface area (Å²) in [5.74, 6) is -1.61. The minimum absolute atomic E-state index is 0.0540. The van der Waals surface area contributed by atoms with E-state index in [9.17, 15) is 13.6 Å². The van der Waals surface area contributed by atoms with Crippen LogP contribution in [0.4, 0.5) is 8.78 Å². The van der Waals surface area contributed by atoms with Crippen molar-refractivity contribution in [2.24, 2.45) is 0 Å². The van der Waals surface area contributed by atoms with Gasteiger partial charge in [0.25, 0.3) is 0 Å². The molecule has 0 bridgehead atoms. The normalized spacial score (nSPS) is 12.0. The molecule has 146 valence electrons. The number of benzene rings is 2. The number of nitrogens with zero attached hydrogens (tertiary/aromatic N) is 4. The number of thioether (sulfide) groups is 1. The van der Waals surface area contributed by atoms with Crippen LogP contribution in [-0.4, -0.2) is 31.9 Å². The van der Waals surface area contributed by atoms with Gasteiger partial charge >= 0.3 is 0 Å². The van der Waals surface area contributed by atoms with Crippen molar-refractivity contribution in [2.45, 2.75) is 32.0 Å². The number of aryl methyl sites for hydroxylation is 1. The number of carbonyl (C=O) groups excluding carboxylic acids is 1. The van der Waals surface area contributed by atoms with Gasteiger partial charge in [-0.25, -0.2) is 8.78 Å². The highest BCUT2D eigenvalue weighted by atomic mass is 32.2. The lowest BCUT2D eigenvalue weighted by molar-refractivity contribution is -0.119. The first kappa shape index (κ1) is 19.9. The van der Waals surface area contributed by atoms with Crippen LogP contribution in [0.15, 0.2) is 41.6 Å². The Morgan fingerprint density at radius 2 is 2.04 bits per heavy atom. The standard InChI is InChI=1S/C19H19F2N5OS/c1-11-5-4-6-17(12(11)2)26-19(23-24-25-26)28-10-18(27)22-13(3)15-8-7-14(20)9-16(15)21/h4-9,13H,10H2,1-3H3,(H,22,27)/t13-/m0/s1. The van der Waals surface area contributed by atoms with Crippen LogP contribution in [-0.2, 0) is 4.79 Å². The van der Waals surface area contributed by atoms with E-state index in [1.54, 1.807) is 11.6 Å². The van der Waals surface area contributed by atoms with Crippen LogP contribution in [0.2, 0.25) is 0 Å². The average Bonchev–Trinajstić information content (AvgIpc) is 3.10. The second-order valence-corrected chi connectivity index (χ2v) is 7.28. The van der Waals surface area contributed by atoms with E-state index < -0.39 is 17.7 Å². The summed E-state index contributed by atoms with van der Waals surface area (Å²) in [6.07, 6.45) is 0. The topological polar surface area (TPSA) is 72.7 Å². The van der Waals surface area contributed by atoms with Crippen molar-refractivity contribution in [1.29, 1.82) is 0 Å². The fraction of sp³-hybridized carbons (Fsp3) is 0.263. The summed E-state index contributed by atoms with van der Waals surface area (Å²) < 4.78 is 28.5. The van der Waals surface area contributed by atoms with Crippen LogP contribution >= 0.6 is 11.8 Å². The quantitative estimate of drug-likeness (QED) is 0.638. The summed E-state index contributed by atoms with van der Waals surface area (Å²) in [5.41, 5.74) is 3.22. The maximum Gasteiger partial charge on any atom is 0.230 e. The molecule has 0 saturated heterocycles. The molecule has 6 nitrogen and oxygen atoms in total. The SMILES string of the molecule is Cc1cccc(-n2nnnc2SCC(=O)N[C@@H](C)c2ccc(F)cc2F)c1C. The van der Waals surface area contributed by atoms with Crippen molar-refractivity contribution in [3.63, 3.8) is 0 Å². The Balaban J connectivity index is 1.66. The maximum absolute atomic E-state index is 13.8. The lowest BCUT2D eigenvalue weighted by Crippen LogP contribution is -2.28. The fourth-order valence-electron chi connectivity index (χ4n) is 2.73. The number of rotatable bonds is 6. The molecule has 1 atom stereocenters. The monoisotopic (exact) mass is 403 g/mol. The summed E-state index contributed by atoms with van der Waals surface area (Å²) in [4.78, 5) is 12.3. The van der Waals surface area contributed by atoms with Crippen molar-refractivity contribution in [3.05, 3.63) is 64.7 Å². The van der Waals surface area contributed by atoms with Crippen molar-refractivity contribution >= 4 is 17.7 Å². The Morgan fingerprint density at radius 1 is 1.25 bits per heavy atom. The smallest absolute Gasteiger partial charge is 0.230 e. The third-order valence-corrected chi connectivity index (χ3v) is 5.30. The summed E-state index contributed by atoms with van der Waals surface area (Å²) in [6, 6.07) is 8.51. The highest BCUT2D eigenvalue weighted by molar-refractivity contribution is 7.99. The Morgan fingerprint density at radius 3 is 2.79 bits per heavy atom. The van der Waals surface area contributed by atoms with Crippen molar-refractivity contribution < 1.29 is 13.6 Å². The fourth-order valence-corrected chi connectivity index (χ4v) is 3.42. The molecule has 0 fully saturated rings. The average molecular weight is 403 g/mol. The largest absolute Gasteiger partial charge is 0.349 e. The molecule has 1 heterocycles. The highest BCUT2D eigenvalue weighted by Crippen LogP contribution is 2.23. The molecule has 2 aromatic carbocycles. The summed E-state index contributed by atoms with van der Waals surface area (Å²) in [5, 5.41) is 14.9. The van der Waals surface area contributed by atoms with E-state index in [2.05, 4.69) is 20.8 Å². The van der Waals surface area contributed by atoms with Crippen LogP contribution < -0.4 is 5.32 Å². The van der Waals surface area contributed by atoms with E-state index in [-0.39, 0.29) is 17.2 Å². The molecule has 9 heteroatoms. The first-order valence-electron chi connectivity index (χ1n) is 8.59. The molecule has 0 aliphatic carbocycles. The first-order valence-corrected chi connectivity index (χ1v) is 9.57. The van der Waals surface area contributed by atoms with Gasteiger partial charge in [0.15, 0.2) is 0 Å². The number of hydrogen-bond donors (Lipinski definition) is 1. The zero-order chi connectivity index (χ0) is 20.3. The Labute approximate surface area is 165 Å². The highest BCUT2D eigenvalue weighted by Gasteiger charge is 2.17. The molecule has 0 spiro atoms. The lowest BCUT2D eigenvalue weighted by atomic mass is 10.1. The van der Waals surface area contributed by atoms with Gasteiger partial charge in [-0.1, -0.05) is 30.0 Å². The van der Waals surface area contributed by atoms with Crippen LogP contribution in [0.1, 0.15) is 29.7 Å². The number of amides is 1. The number of nitrogens with one attached hydrogen (secondary N) is 1. The third kappa shape index (κ3) is 4.36. The van der Waals surface area contributed by atoms with Gasteiger partial charge in [0.1, 0.15) is 11.6 Å². The summed E-state index contributed by atoms with van der Waals surface area (Å²) >= 11 is 1.18. The minimum atomic E-state index is -0.695. The number of aromatic nitrogens is 4. The Hall–Kier alpha value is -2.81. The van der Waals surface area contributed by atoms with E-state index in [0.717, 1.165) is 28.9 Å².